The fraction of sp³-hybridized carbons (Fsp3) is 0.533. The van der Waals surface area contributed by atoms with Crippen molar-refractivity contribution in [2.75, 3.05) is 6.54 Å². The molecule has 0 aliphatic carbocycles. The Bertz CT molecular complexity index is 502. The number of aliphatic hydroxyl groups is 1. The molecule has 0 heterocycles. The topological polar surface area (TPSA) is 52.6 Å². The number of nitrogens with zero attached hydrogens (tertiary/aromatic N) is 1. The first-order valence-corrected chi connectivity index (χ1v) is 7.00. The molecule has 22 heavy (non-hydrogen) atoms. The SMILES string of the molecule is CC(O)CN(C(=O)NCc1cccc(C(F)(F)F)c1)C(C)C. The largest absolute Gasteiger partial charge is 0.416 e. The molecule has 1 aromatic carbocycles. The second-order valence-electron chi connectivity index (χ2n) is 5.45. The molecule has 0 saturated heterocycles. The molecule has 0 aromatic heterocycles. The summed E-state index contributed by atoms with van der Waals surface area (Å²) in [7, 11) is 0. The number of aliphatic hydroxyl groups excluding tert-OH is 1. The number of alkyl halides is 3. The molecule has 4 nitrogen and oxygen atoms in total. The van der Waals surface area contributed by atoms with Crippen LogP contribution >= 0.6 is 0 Å². The molecule has 0 aliphatic heterocycles. The predicted molar refractivity (Wildman–Crippen MR) is 77.2 cm³/mol. The second kappa shape index (κ2) is 7.49. The van der Waals surface area contributed by atoms with Gasteiger partial charge in [-0.3, -0.25) is 0 Å². The summed E-state index contributed by atoms with van der Waals surface area (Å²) in [6.45, 7) is 5.31. The number of halogens is 3. The molecular weight excluding hydrogens is 297 g/mol. The summed E-state index contributed by atoms with van der Waals surface area (Å²) in [5, 5.41) is 12.0. The normalized spacial score (nSPS) is 13.1. The van der Waals surface area contributed by atoms with Gasteiger partial charge < -0.3 is 15.3 Å². The third-order valence-electron chi connectivity index (χ3n) is 3.04. The summed E-state index contributed by atoms with van der Waals surface area (Å²) in [5.74, 6) is 0. The van der Waals surface area contributed by atoms with E-state index in [4.69, 9.17) is 0 Å². The zero-order valence-electron chi connectivity index (χ0n) is 12.8. The van der Waals surface area contributed by atoms with Crippen molar-refractivity contribution < 1.29 is 23.1 Å². The van der Waals surface area contributed by atoms with E-state index in [0.29, 0.717) is 5.56 Å². The van der Waals surface area contributed by atoms with Gasteiger partial charge in [0.25, 0.3) is 0 Å². The summed E-state index contributed by atoms with van der Waals surface area (Å²) in [5.41, 5.74) is -0.382. The fourth-order valence-corrected chi connectivity index (χ4v) is 1.95. The summed E-state index contributed by atoms with van der Waals surface area (Å²) in [6, 6.07) is 4.27. The molecule has 1 aromatic rings. The van der Waals surface area contributed by atoms with Crippen molar-refractivity contribution >= 4 is 6.03 Å². The lowest BCUT2D eigenvalue weighted by Crippen LogP contribution is -2.46. The van der Waals surface area contributed by atoms with E-state index in [1.807, 2.05) is 0 Å². The Kier molecular flexibility index (Phi) is 6.22. The summed E-state index contributed by atoms with van der Waals surface area (Å²) in [4.78, 5) is 13.5. The molecule has 2 amide bonds. The smallest absolute Gasteiger partial charge is 0.392 e. The highest BCUT2D eigenvalue weighted by Gasteiger charge is 2.30. The number of carbonyl (C=O) groups is 1. The zero-order chi connectivity index (χ0) is 16.9. The van der Waals surface area contributed by atoms with Gasteiger partial charge in [-0.15, -0.1) is 0 Å². The number of urea groups is 1. The highest BCUT2D eigenvalue weighted by molar-refractivity contribution is 5.74. The van der Waals surface area contributed by atoms with E-state index in [-0.39, 0.29) is 19.1 Å². The number of amides is 2. The van der Waals surface area contributed by atoms with Crippen LogP contribution in [0.5, 0.6) is 0 Å². The van der Waals surface area contributed by atoms with Crippen molar-refractivity contribution in [2.24, 2.45) is 0 Å². The third kappa shape index (κ3) is 5.55. The Hall–Kier alpha value is -1.76. The van der Waals surface area contributed by atoms with E-state index >= 15 is 0 Å². The van der Waals surface area contributed by atoms with E-state index in [1.54, 1.807) is 20.8 Å². The molecule has 7 heteroatoms. The minimum absolute atomic E-state index is 0.00815. The maximum absolute atomic E-state index is 12.6. The van der Waals surface area contributed by atoms with Crippen LogP contribution in [0.15, 0.2) is 24.3 Å². The third-order valence-corrected chi connectivity index (χ3v) is 3.04. The van der Waals surface area contributed by atoms with Gasteiger partial charge in [0.2, 0.25) is 0 Å². The van der Waals surface area contributed by atoms with Crippen molar-refractivity contribution in [1.82, 2.24) is 10.2 Å². The fourth-order valence-electron chi connectivity index (χ4n) is 1.95. The number of hydrogen-bond donors (Lipinski definition) is 2. The molecule has 124 valence electrons. The van der Waals surface area contributed by atoms with Gasteiger partial charge in [0.1, 0.15) is 0 Å². The Labute approximate surface area is 127 Å². The first kappa shape index (κ1) is 18.3. The Morgan fingerprint density at radius 1 is 1.32 bits per heavy atom. The van der Waals surface area contributed by atoms with Gasteiger partial charge >= 0.3 is 12.2 Å². The number of rotatable bonds is 5. The van der Waals surface area contributed by atoms with E-state index in [0.717, 1.165) is 12.1 Å². The van der Waals surface area contributed by atoms with Crippen LogP contribution in [-0.4, -0.2) is 34.7 Å². The van der Waals surface area contributed by atoms with Crippen molar-refractivity contribution in [3.8, 4) is 0 Å². The van der Waals surface area contributed by atoms with E-state index in [2.05, 4.69) is 5.32 Å². The van der Waals surface area contributed by atoms with Crippen molar-refractivity contribution in [2.45, 2.75) is 45.6 Å². The molecule has 0 spiro atoms. The van der Waals surface area contributed by atoms with Crippen LogP contribution in [0.25, 0.3) is 0 Å². The standard InChI is InChI=1S/C15H21F3N2O2/c1-10(2)20(9-11(3)21)14(22)19-8-12-5-4-6-13(7-12)15(16,17)18/h4-7,10-11,21H,8-9H2,1-3H3,(H,19,22). The average molecular weight is 318 g/mol. The maximum Gasteiger partial charge on any atom is 0.416 e. The number of carbonyl (C=O) groups excluding carboxylic acids is 1. The molecule has 1 unspecified atom stereocenters. The van der Waals surface area contributed by atoms with Gasteiger partial charge in [0, 0.05) is 19.1 Å². The molecule has 0 saturated carbocycles. The molecule has 0 radical (unpaired) electrons. The van der Waals surface area contributed by atoms with Crippen LogP contribution in [-0.2, 0) is 12.7 Å². The molecule has 0 bridgehead atoms. The van der Waals surface area contributed by atoms with E-state index in [1.165, 1.54) is 17.0 Å². The molecule has 1 rings (SSSR count). The highest BCUT2D eigenvalue weighted by atomic mass is 19.4. The van der Waals surface area contributed by atoms with E-state index in [9.17, 15) is 23.1 Å². The van der Waals surface area contributed by atoms with Crippen LogP contribution in [0.3, 0.4) is 0 Å². The van der Waals surface area contributed by atoms with Gasteiger partial charge in [0.15, 0.2) is 0 Å². The lowest BCUT2D eigenvalue weighted by atomic mass is 10.1. The van der Waals surface area contributed by atoms with Crippen LogP contribution in [0.2, 0.25) is 0 Å². The maximum atomic E-state index is 12.6. The van der Waals surface area contributed by atoms with Gasteiger partial charge in [-0.05, 0) is 38.5 Å². The van der Waals surface area contributed by atoms with Crippen LogP contribution in [0, 0.1) is 0 Å². The lowest BCUT2D eigenvalue weighted by Gasteiger charge is -2.28. The minimum Gasteiger partial charge on any atom is -0.392 e. The molecule has 0 aliphatic rings. The van der Waals surface area contributed by atoms with Gasteiger partial charge in [-0.2, -0.15) is 13.2 Å². The summed E-state index contributed by atoms with van der Waals surface area (Å²) in [6.07, 6.45) is -5.09. The van der Waals surface area contributed by atoms with Gasteiger partial charge in [0.05, 0.1) is 11.7 Å². The minimum atomic E-state index is -4.41. The number of benzene rings is 1. The number of nitrogens with one attached hydrogen (secondary N) is 1. The zero-order valence-corrected chi connectivity index (χ0v) is 12.8. The first-order valence-electron chi connectivity index (χ1n) is 7.00. The van der Waals surface area contributed by atoms with Crippen molar-refractivity contribution in [3.63, 3.8) is 0 Å². The Morgan fingerprint density at radius 2 is 1.95 bits per heavy atom. The Balaban J connectivity index is 2.70. The quantitative estimate of drug-likeness (QED) is 0.877. The summed E-state index contributed by atoms with van der Waals surface area (Å²) < 4.78 is 37.9. The summed E-state index contributed by atoms with van der Waals surface area (Å²) >= 11 is 0. The Morgan fingerprint density at radius 3 is 2.45 bits per heavy atom. The second-order valence-corrected chi connectivity index (χ2v) is 5.45. The predicted octanol–water partition coefficient (Wildman–Crippen LogP) is 3.01. The molecule has 2 N–H and O–H groups in total. The van der Waals surface area contributed by atoms with Crippen molar-refractivity contribution in [1.29, 1.82) is 0 Å². The average Bonchev–Trinajstić information content (AvgIpc) is 2.41. The number of hydrogen-bond acceptors (Lipinski definition) is 2. The van der Waals surface area contributed by atoms with Crippen LogP contribution < -0.4 is 5.32 Å². The van der Waals surface area contributed by atoms with Gasteiger partial charge in [-0.1, -0.05) is 12.1 Å². The molecule has 0 fully saturated rings. The van der Waals surface area contributed by atoms with Crippen LogP contribution in [0.1, 0.15) is 31.9 Å². The van der Waals surface area contributed by atoms with Crippen molar-refractivity contribution in [3.05, 3.63) is 35.4 Å². The lowest BCUT2D eigenvalue weighted by molar-refractivity contribution is -0.137. The first-order chi connectivity index (χ1) is 10.1. The monoisotopic (exact) mass is 318 g/mol. The molecular formula is C15H21F3N2O2. The van der Waals surface area contributed by atoms with E-state index < -0.39 is 23.9 Å². The van der Waals surface area contributed by atoms with Gasteiger partial charge in [-0.25, -0.2) is 4.79 Å². The molecule has 1 atom stereocenters. The highest BCUT2D eigenvalue weighted by Crippen LogP contribution is 2.29. The van der Waals surface area contributed by atoms with Crippen LogP contribution in [0.4, 0.5) is 18.0 Å².